The van der Waals surface area contributed by atoms with Crippen molar-refractivity contribution < 1.29 is 13.2 Å². The fourth-order valence-corrected chi connectivity index (χ4v) is 4.35. The minimum atomic E-state index is -3.53. The summed E-state index contributed by atoms with van der Waals surface area (Å²) in [4.78, 5) is 12.9. The molecule has 4 heteroatoms. The number of fused-ring (bicyclic) bond motifs is 2. The molecule has 0 aliphatic carbocycles. The second-order valence-corrected chi connectivity index (χ2v) is 8.66. The predicted octanol–water partition coefficient (Wildman–Crippen LogP) is 3.50. The van der Waals surface area contributed by atoms with Crippen LogP contribution in [0.2, 0.25) is 0 Å². The average molecular weight is 314 g/mol. The molecule has 0 N–H and O–H groups in total. The molecular weight excluding hydrogens is 296 g/mol. The smallest absolute Gasteiger partial charge is 0.194 e. The summed E-state index contributed by atoms with van der Waals surface area (Å²) in [6.07, 6.45) is 0. The van der Waals surface area contributed by atoms with Crippen LogP contribution in [0, 0.1) is 0 Å². The fourth-order valence-electron chi connectivity index (χ4n) is 2.73. The maximum Gasteiger partial charge on any atom is 0.194 e. The Balaban J connectivity index is 2.31. The summed E-state index contributed by atoms with van der Waals surface area (Å²) >= 11 is 0. The van der Waals surface area contributed by atoms with Gasteiger partial charge in [0.05, 0.1) is 10.6 Å². The van der Waals surface area contributed by atoms with E-state index >= 15 is 0 Å². The van der Waals surface area contributed by atoms with Crippen LogP contribution in [-0.2, 0) is 21.0 Å². The van der Waals surface area contributed by atoms with Crippen LogP contribution in [-0.4, -0.2) is 14.2 Å². The highest BCUT2D eigenvalue weighted by Crippen LogP contribution is 2.33. The van der Waals surface area contributed by atoms with Gasteiger partial charge in [0.2, 0.25) is 0 Å². The van der Waals surface area contributed by atoms with Gasteiger partial charge in [-0.05, 0) is 28.7 Å². The number of sulfone groups is 1. The number of ketones is 1. The van der Waals surface area contributed by atoms with E-state index in [4.69, 9.17) is 0 Å². The van der Waals surface area contributed by atoms with Gasteiger partial charge in [0.1, 0.15) is 0 Å². The quantitative estimate of drug-likeness (QED) is 0.748. The Bertz CT molecular complexity index is 871. The molecule has 0 aromatic heterocycles. The molecule has 0 bridgehead atoms. The summed E-state index contributed by atoms with van der Waals surface area (Å²) in [7, 11) is -3.53. The lowest BCUT2D eigenvalue weighted by molar-refractivity contribution is 0.103. The first-order valence-corrected chi connectivity index (χ1v) is 8.85. The molecule has 1 aliphatic heterocycles. The highest BCUT2D eigenvalue weighted by molar-refractivity contribution is 7.90. The van der Waals surface area contributed by atoms with Crippen molar-refractivity contribution in [3.63, 3.8) is 0 Å². The molecule has 0 saturated heterocycles. The molecule has 0 spiro atoms. The largest absolute Gasteiger partial charge is 0.289 e. The molecule has 2 aromatic carbocycles. The first-order chi connectivity index (χ1) is 10.2. The third-order valence-corrected chi connectivity index (χ3v) is 5.73. The summed E-state index contributed by atoms with van der Waals surface area (Å²) in [6.45, 7) is 6.07. The maximum atomic E-state index is 12.7. The molecule has 0 radical (unpaired) electrons. The first kappa shape index (κ1) is 15.0. The summed E-state index contributed by atoms with van der Waals surface area (Å²) in [6, 6.07) is 12.1. The van der Waals surface area contributed by atoms with Crippen LogP contribution in [0.25, 0.3) is 0 Å². The minimum Gasteiger partial charge on any atom is -0.289 e. The molecular formula is C18H18O3S. The van der Waals surface area contributed by atoms with E-state index in [9.17, 15) is 13.2 Å². The molecule has 0 amide bonds. The third-order valence-electron chi connectivity index (χ3n) is 4.03. The second kappa shape index (κ2) is 4.78. The van der Waals surface area contributed by atoms with E-state index in [0.717, 1.165) is 5.56 Å². The Kier molecular flexibility index (Phi) is 3.25. The Labute approximate surface area is 130 Å². The summed E-state index contributed by atoms with van der Waals surface area (Å²) in [5, 5.41) is 0. The van der Waals surface area contributed by atoms with Crippen LogP contribution in [0.4, 0.5) is 0 Å². The van der Waals surface area contributed by atoms with Crippen molar-refractivity contribution in [3.05, 3.63) is 64.7 Å². The molecule has 1 aliphatic rings. The Morgan fingerprint density at radius 2 is 1.64 bits per heavy atom. The number of carbonyl (C=O) groups is 1. The van der Waals surface area contributed by atoms with Gasteiger partial charge in [-0.3, -0.25) is 4.79 Å². The monoisotopic (exact) mass is 314 g/mol. The van der Waals surface area contributed by atoms with Gasteiger partial charge < -0.3 is 0 Å². The van der Waals surface area contributed by atoms with Gasteiger partial charge in [0.15, 0.2) is 15.6 Å². The first-order valence-electron chi connectivity index (χ1n) is 7.20. The van der Waals surface area contributed by atoms with Gasteiger partial charge in [0, 0.05) is 11.1 Å². The zero-order chi connectivity index (χ0) is 16.1. The predicted molar refractivity (Wildman–Crippen MR) is 85.9 cm³/mol. The van der Waals surface area contributed by atoms with Crippen molar-refractivity contribution in [1.29, 1.82) is 0 Å². The van der Waals surface area contributed by atoms with Crippen LogP contribution in [0.5, 0.6) is 0 Å². The van der Waals surface area contributed by atoms with Crippen molar-refractivity contribution in [1.82, 2.24) is 0 Å². The number of carbonyl (C=O) groups excluding carboxylic acids is 1. The molecule has 22 heavy (non-hydrogen) atoms. The molecule has 0 saturated carbocycles. The van der Waals surface area contributed by atoms with Crippen LogP contribution in [0.3, 0.4) is 0 Å². The van der Waals surface area contributed by atoms with Crippen molar-refractivity contribution in [2.45, 2.75) is 36.8 Å². The number of benzene rings is 2. The van der Waals surface area contributed by atoms with Gasteiger partial charge in [-0.25, -0.2) is 8.42 Å². The van der Waals surface area contributed by atoms with Crippen molar-refractivity contribution in [3.8, 4) is 0 Å². The molecule has 0 fully saturated rings. The molecule has 2 aromatic rings. The average Bonchev–Trinajstić information content (AvgIpc) is 2.52. The number of hydrogen-bond donors (Lipinski definition) is 0. The molecule has 3 nitrogen and oxygen atoms in total. The van der Waals surface area contributed by atoms with Gasteiger partial charge in [-0.1, -0.05) is 51.1 Å². The van der Waals surface area contributed by atoms with Crippen LogP contribution in [0.1, 0.15) is 47.8 Å². The highest BCUT2D eigenvalue weighted by atomic mass is 32.2. The second-order valence-electron chi connectivity index (χ2n) is 6.71. The van der Waals surface area contributed by atoms with E-state index in [2.05, 4.69) is 0 Å². The highest BCUT2D eigenvalue weighted by Gasteiger charge is 2.31. The van der Waals surface area contributed by atoms with Crippen LogP contribution >= 0.6 is 0 Å². The zero-order valence-electron chi connectivity index (χ0n) is 12.9. The van der Waals surface area contributed by atoms with Crippen LogP contribution in [0.15, 0.2) is 47.4 Å². The van der Waals surface area contributed by atoms with E-state index in [-0.39, 0.29) is 27.4 Å². The molecule has 0 unspecified atom stereocenters. The van der Waals surface area contributed by atoms with Crippen molar-refractivity contribution in [2.24, 2.45) is 0 Å². The summed E-state index contributed by atoms with van der Waals surface area (Å²) in [5.74, 6) is -0.345. The lowest BCUT2D eigenvalue weighted by Crippen LogP contribution is -2.14. The van der Waals surface area contributed by atoms with Crippen molar-refractivity contribution in [2.75, 3.05) is 0 Å². The van der Waals surface area contributed by atoms with Gasteiger partial charge in [0.25, 0.3) is 0 Å². The van der Waals surface area contributed by atoms with Gasteiger partial charge in [-0.15, -0.1) is 0 Å². The molecule has 114 valence electrons. The van der Waals surface area contributed by atoms with Crippen LogP contribution < -0.4 is 0 Å². The molecule has 0 atom stereocenters. The van der Waals surface area contributed by atoms with Gasteiger partial charge >= 0.3 is 0 Å². The number of hydrogen-bond acceptors (Lipinski definition) is 3. The van der Waals surface area contributed by atoms with Gasteiger partial charge in [-0.2, -0.15) is 0 Å². The summed E-state index contributed by atoms with van der Waals surface area (Å²) < 4.78 is 25.5. The standard InChI is InChI=1S/C18H18O3S/c1-18(2,3)13-8-9-15-16(10-13)22(20,21)11-12-6-4-5-7-14(12)17(15)19/h4-10H,11H2,1-3H3. The van der Waals surface area contributed by atoms with Crippen molar-refractivity contribution >= 4 is 15.6 Å². The lowest BCUT2D eigenvalue weighted by Gasteiger charge is -2.20. The van der Waals surface area contributed by atoms with E-state index in [1.54, 1.807) is 36.4 Å². The topological polar surface area (TPSA) is 51.2 Å². The Morgan fingerprint density at radius 3 is 2.32 bits per heavy atom. The molecule has 3 rings (SSSR count). The molecule has 1 heterocycles. The third kappa shape index (κ3) is 2.37. The summed E-state index contributed by atoms with van der Waals surface area (Å²) in [5.41, 5.74) is 2.06. The van der Waals surface area contributed by atoms with E-state index in [0.29, 0.717) is 11.1 Å². The maximum absolute atomic E-state index is 12.7. The minimum absolute atomic E-state index is 0.129. The van der Waals surface area contributed by atoms with E-state index in [1.165, 1.54) is 0 Å². The Hall–Kier alpha value is -1.94. The number of rotatable bonds is 0. The fraction of sp³-hybridized carbons (Fsp3) is 0.278. The zero-order valence-corrected chi connectivity index (χ0v) is 13.7. The van der Waals surface area contributed by atoms with E-state index < -0.39 is 9.84 Å². The normalized spacial score (nSPS) is 16.6. The Morgan fingerprint density at radius 1 is 0.955 bits per heavy atom. The lowest BCUT2D eigenvalue weighted by atomic mass is 9.86. The SMILES string of the molecule is CC(C)(C)c1ccc2c(c1)S(=O)(=O)Cc1ccccc1C2=O. The van der Waals surface area contributed by atoms with E-state index in [1.807, 2.05) is 26.8 Å².